The van der Waals surface area contributed by atoms with Crippen LogP contribution in [0.15, 0.2) is 23.8 Å². The first-order valence-corrected chi connectivity index (χ1v) is 3.55. The van der Waals surface area contributed by atoms with Crippen molar-refractivity contribution in [3.8, 4) is 0 Å². The Labute approximate surface area is 68.7 Å². The smallest absolute Gasteiger partial charge is 0.120 e. The van der Waals surface area contributed by atoms with Gasteiger partial charge in [0.25, 0.3) is 0 Å². The van der Waals surface area contributed by atoms with Crippen LogP contribution < -0.4 is 0 Å². The lowest BCUT2D eigenvalue weighted by atomic mass is 10.1. The van der Waals surface area contributed by atoms with Crippen LogP contribution in [0.5, 0.6) is 0 Å². The van der Waals surface area contributed by atoms with Crippen molar-refractivity contribution in [3.63, 3.8) is 0 Å². The molecule has 0 aromatic carbocycles. The van der Waals surface area contributed by atoms with Crippen molar-refractivity contribution in [2.24, 2.45) is 0 Å². The molecule has 11 heavy (non-hydrogen) atoms. The maximum Gasteiger partial charge on any atom is 0.120 e. The summed E-state index contributed by atoms with van der Waals surface area (Å²) in [6.07, 6.45) is 1.81. The predicted octanol–water partition coefficient (Wildman–Crippen LogP) is 2.05. The Kier molecular flexibility index (Phi) is 3.58. The van der Waals surface area contributed by atoms with Crippen LogP contribution >= 0.6 is 0 Å². The Morgan fingerprint density at radius 1 is 1.36 bits per heavy atom. The van der Waals surface area contributed by atoms with Crippen LogP contribution in [0, 0.1) is 5.41 Å². The fourth-order valence-corrected chi connectivity index (χ4v) is 0.457. The monoisotopic (exact) mass is 152 g/mol. The Morgan fingerprint density at radius 3 is 2.09 bits per heavy atom. The number of amidine groups is 1. The summed E-state index contributed by atoms with van der Waals surface area (Å²) < 4.78 is 0. The number of rotatable bonds is 2. The van der Waals surface area contributed by atoms with Crippen molar-refractivity contribution in [2.75, 3.05) is 14.1 Å². The summed E-state index contributed by atoms with van der Waals surface area (Å²) >= 11 is 0. The van der Waals surface area contributed by atoms with Crippen molar-refractivity contribution < 1.29 is 0 Å². The minimum atomic E-state index is 0.505. The Balaban J connectivity index is 4.32. The van der Waals surface area contributed by atoms with Gasteiger partial charge in [0.15, 0.2) is 0 Å². The highest BCUT2D eigenvalue weighted by Crippen LogP contribution is 2.04. The Hall–Kier alpha value is -1.05. The van der Waals surface area contributed by atoms with E-state index in [1.54, 1.807) is 4.90 Å². The van der Waals surface area contributed by atoms with E-state index in [2.05, 4.69) is 6.58 Å². The predicted molar refractivity (Wildman–Crippen MR) is 50.0 cm³/mol. The molecule has 0 radical (unpaired) electrons. The van der Waals surface area contributed by atoms with Crippen LogP contribution in [0.4, 0.5) is 0 Å². The summed E-state index contributed by atoms with van der Waals surface area (Å²) in [4.78, 5) is 1.76. The summed E-state index contributed by atoms with van der Waals surface area (Å²) in [6, 6.07) is 0. The van der Waals surface area contributed by atoms with Gasteiger partial charge in [-0.2, -0.15) is 0 Å². The second-order valence-electron chi connectivity index (χ2n) is 2.89. The second kappa shape index (κ2) is 3.96. The third-order valence-electron chi connectivity index (χ3n) is 1.51. The molecule has 0 saturated carbocycles. The molecular weight excluding hydrogens is 136 g/mol. The molecule has 0 aliphatic rings. The van der Waals surface area contributed by atoms with Gasteiger partial charge in [0.1, 0.15) is 5.84 Å². The molecule has 62 valence electrons. The average molecular weight is 152 g/mol. The Morgan fingerprint density at radius 2 is 1.82 bits per heavy atom. The normalized spacial score (nSPS) is 11.1. The summed E-state index contributed by atoms with van der Waals surface area (Å²) in [5.41, 5.74) is 2.07. The maximum atomic E-state index is 7.48. The molecule has 0 aliphatic heterocycles. The molecule has 0 spiro atoms. The molecule has 0 aliphatic carbocycles. The van der Waals surface area contributed by atoms with Crippen molar-refractivity contribution in [2.45, 2.75) is 13.8 Å². The van der Waals surface area contributed by atoms with E-state index in [-0.39, 0.29) is 0 Å². The van der Waals surface area contributed by atoms with E-state index < -0.39 is 0 Å². The van der Waals surface area contributed by atoms with Gasteiger partial charge in [-0.15, -0.1) is 0 Å². The molecule has 0 aromatic rings. The molecule has 0 fully saturated rings. The van der Waals surface area contributed by atoms with E-state index in [0.717, 1.165) is 11.1 Å². The number of likely N-dealkylation sites (N-methyl/N-ethyl adjacent to an activating group) is 1. The highest BCUT2D eigenvalue weighted by molar-refractivity contribution is 5.90. The lowest BCUT2D eigenvalue weighted by molar-refractivity contribution is 0.621. The molecule has 0 amide bonds. The number of hydrogen-bond donors (Lipinski definition) is 1. The molecule has 2 nitrogen and oxygen atoms in total. The zero-order valence-electron chi connectivity index (χ0n) is 7.73. The van der Waals surface area contributed by atoms with Crippen molar-refractivity contribution >= 4 is 5.84 Å². The zero-order chi connectivity index (χ0) is 9.02. The largest absolute Gasteiger partial charge is 0.363 e. The van der Waals surface area contributed by atoms with Crippen LogP contribution in [0.3, 0.4) is 0 Å². The van der Waals surface area contributed by atoms with E-state index in [1.807, 2.05) is 34.0 Å². The minimum Gasteiger partial charge on any atom is -0.363 e. The van der Waals surface area contributed by atoms with Gasteiger partial charge in [-0.25, -0.2) is 0 Å². The molecule has 0 saturated heterocycles. The van der Waals surface area contributed by atoms with Gasteiger partial charge in [0.05, 0.1) is 0 Å². The topological polar surface area (TPSA) is 27.1 Å². The highest BCUT2D eigenvalue weighted by atomic mass is 15.1. The van der Waals surface area contributed by atoms with E-state index >= 15 is 0 Å². The molecule has 2 heteroatoms. The van der Waals surface area contributed by atoms with Gasteiger partial charge in [-0.1, -0.05) is 12.2 Å². The Bertz CT molecular complexity index is 200. The fraction of sp³-hybridized carbons (Fsp3) is 0.444. The van der Waals surface area contributed by atoms with Crippen molar-refractivity contribution in [3.05, 3.63) is 23.8 Å². The van der Waals surface area contributed by atoms with Crippen LogP contribution in [0.1, 0.15) is 13.8 Å². The number of nitrogens with one attached hydrogen (secondary N) is 1. The standard InChI is InChI=1S/C9H16N2/c1-7(2)8(3)6-9(10)11(4)5/h6,10H,1H2,2-5H3/b8-6-,10-9?. The first-order chi connectivity index (χ1) is 4.95. The van der Waals surface area contributed by atoms with E-state index in [9.17, 15) is 0 Å². The number of nitrogens with zero attached hydrogens (tertiary/aromatic N) is 1. The minimum absolute atomic E-state index is 0.505. The van der Waals surface area contributed by atoms with Gasteiger partial charge in [0.2, 0.25) is 0 Å². The molecule has 0 heterocycles. The second-order valence-corrected chi connectivity index (χ2v) is 2.89. The number of allylic oxidation sites excluding steroid dienone is 2. The molecule has 0 aromatic heterocycles. The van der Waals surface area contributed by atoms with Crippen LogP contribution in [0.2, 0.25) is 0 Å². The molecule has 0 atom stereocenters. The lowest BCUT2D eigenvalue weighted by Gasteiger charge is -2.10. The first kappa shape index (κ1) is 9.95. The first-order valence-electron chi connectivity index (χ1n) is 3.55. The molecule has 0 rings (SSSR count). The molecule has 1 N–H and O–H groups in total. The molecular formula is C9H16N2. The number of hydrogen-bond acceptors (Lipinski definition) is 1. The third-order valence-corrected chi connectivity index (χ3v) is 1.51. The fourth-order valence-electron chi connectivity index (χ4n) is 0.457. The van der Waals surface area contributed by atoms with Gasteiger partial charge in [0, 0.05) is 14.1 Å². The van der Waals surface area contributed by atoms with Crippen LogP contribution in [-0.4, -0.2) is 24.8 Å². The lowest BCUT2D eigenvalue weighted by Crippen LogP contribution is -2.18. The van der Waals surface area contributed by atoms with Gasteiger partial charge < -0.3 is 4.90 Å². The van der Waals surface area contributed by atoms with E-state index in [1.165, 1.54) is 0 Å². The van der Waals surface area contributed by atoms with Gasteiger partial charge in [-0.05, 0) is 25.5 Å². The summed E-state index contributed by atoms with van der Waals surface area (Å²) in [6.45, 7) is 7.68. The summed E-state index contributed by atoms with van der Waals surface area (Å²) in [5, 5.41) is 7.48. The van der Waals surface area contributed by atoms with Gasteiger partial charge >= 0.3 is 0 Å². The average Bonchev–Trinajstić information content (AvgIpc) is 1.87. The van der Waals surface area contributed by atoms with Crippen LogP contribution in [0.25, 0.3) is 0 Å². The summed E-state index contributed by atoms with van der Waals surface area (Å²) in [7, 11) is 3.70. The molecule has 0 bridgehead atoms. The van der Waals surface area contributed by atoms with E-state index in [4.69, 9.17) is 5.41 Å². The quantitative estimate of drug-likeness (QED) is 0.366. The molecule has 0 unspecified atom stereocenters. The van der Waals surface area contributed by atoms with Crippen molar-refractivity contribution in [1.29, 1.82) is 5.41 Å². The maximum absolute atomic E-state index is 7.48. The SMILES string of the molecule is C=C(C)/C(C)=C\C(=N)N(C)C. The van der Waals surface area contributed by atoms with Gasteiger partial charge in [-0.3, -0.25) is 5.41 Å². The third kappa shape index (κ3) is 3.61. The highest BCUT2D eigenvalue weighted by Gasteiger charge is 1.95. The summed E-state index contributed by atoms with van der Waals surface area (Å²) in [5.74, 6) is 0.505. The van der Waals surface area contributed by atoms with E-state index in [0.29, 0.717) is 5.84 Å². The van der Waals surface area contributed by atoms with Crippen molar-refractivity contribution in [1.82, 2.24) is 4.90 Å². The van der Waals surface area contributed by atoms with Crippen LogP contribution in [-0.2, 0) is 0 Å². The zero-order valence-corrected chi connectivity index (χ0v) is 7.73.